The summed E-state index contributed by atoms with van der Waals surface area (Å²) in [5, 5.41) is 10.5. The second-order valence-corrected chi connectivity index (χ2v) is 8.46. The summed E-state index contributed by atoms with van der Waals surface area (Å²) in [5.41, 5.74) is 5.15. The fourth-order valence-electron chi connectivity index (χ4n) is 3.46. The maximum atomic E-state index is 12.9. The van der Waals surface area contributed by atoms with E-state index < -0.39 is 11.8 Å². The van der Waals surface area contributed by atoms with Crippen molar-refractivity contribution in [2.24, 2.45) is 0 Å². The van der Waals surface area contributed by atoms with Gasteiger partial charge in [0, 0.05) is 5.56 Å². The number of carbonyl (C=O) groups excluding carboxylic acids is 2. The predicted molar refractivity (Wildman–Crippen MR) is 136 cm³/mol. The number of para-hydroxylation sites is 1. The lowest BCUT2D eigenvalue weighted by Crippen LogP contribution is -2.35. The van der Waals surface area contributed by atoms with Crippen LogP contribution in [-0.2, 0) is 16.2 Å². The van der Waals surface area contributed by atoms with Crippen LogP contribution in [0.2, 0.25) is 0 Å². The van der Waals surface area contributed by atoms with Crippen LogP contribution in [0.3, 0.4) is 0 Å². The summed E-state index contributed by atoms with van der Waals surface area (Å²) in [6.07, 6.45) is 1.54. The molecule has 1 N–H and O–H groups in total. The summed E-state index contributed by atoms with van der Waals surface area (Å²) < 4.78 is 12.6. The molecule has 7 nitrogen and oxygen atoms in total. The number of hydrogen-bond acceptors (Lipinski definition) is 5. The third-order valence-corrected chi connectivity index (χ3v) is 5.86. The molecular weight excluding hydrogens is 545 g/mol. The fraction of sp³-hybridized carbons (Fsp3) is 0.115. The molecule has 4 rings (SSSR count). The molecule has 170 valence electrons. The van der Waals surface area contributed by atoms with Crippen molar-refractivity contribution in [3.8, 4) is 17.6 Å². The largest absolute Gasteiger partial charge is 0.490 e. The summed E-state index contributed by atoms with van der Waals surface area (Å²) in [6.45, 7) is 2.47. The van der Waals surface area contributed by atoms with Crippen molar-refractivity contribution in [3.05, 3.63) is 92.6 Å². The van der Waals surface area contributed by atoms with Gasteiger partial charge in [-0.15, -0.1) is 0 Å². The second kappa shape index (κ2) is 10.4. The number of carbonyl (C=O) groups is 2. The van der Waals surface area contributed by atoms with Crippen molar-refractivity contribution in [2.45, 2.75) is 13.5 Å². The van der Waals surface area contributed by atoms with Crippen molar-refractivity contribution in [1.82, 2.24) is 5.43 Å². The zero-order chi connectivity index (χ0) is 24.1. The molecule has 0 aromatic heterocycles. The van der Waals surface area contributed by atoms with Gasteiger partial charge in [-0.1, -0.05) is 36.4 Å². The average molecular weight is 565 g/mol. The van der Waals surface area contributed by atoms with Crippen molar-refractivity contribution in [2.75, 3.05) is 11.6 Å². The molecule has 1 aliphatic heterocycles. The van der Waals surface area contributed by atoms with E-state index in [0.717, 1.165) is 9.13 Å². The number of halogens is 1. The number of amides is 2. The van der Waals surface area contributed by atoms with Crippen LogP contribution in [0.1, 0.15) is 23.6 Å². The first kappa shape index (κ1) is 23.3. The van der Waals surface area contributed by atoms with Crippen LogP contribution in [0.15, 0.2) is 72.3 Å². The number of anilines is 1. The molecule has 8 heteroatoms. The molecule has 0 saturated carbocycles. The predicted octanol–water partition coefficient (Wildman–Crippen LogP) is 4.60. The number of nitriles is 1. The van der Waals surface area contributed by atoms with E-state index in [2.05, 4.69) is 34.1 Å². The Morgan fingerprint density at radius 3 is 2.53 bits per heavy atom. The summed E-state index contributed by atoms with van der Waals surface area (Å²) >= 11 is 2.13. The molecule has 0 atom stereocenters. The van der Waals surface area contributed by atoms with Gasteiger partial charge in [-0.25, -0.2) is 5.01 Å². The molecule has 1 saturated heterocycles. The highest BCUT2D eigenvalue weighted by molar-refractivity contribution is 14.1. The van der Waals surface area contributed by atoms with Crippen LogP contribution in [0.4, 0.5) is 5.69 Å². The quantitative estimate of drug-likeness (QED) is 0.257. The molecule has 0 radical (unpaired) electrons. The molecule has 1 aliphatic rings. The van der Waals surface area contributed by atoms with Crippen LogP contribution in [0, 0.1) is 14.9 Å². The Kier molecular flexibility index (Phi) is 7.13. The monoisotopic (exact) mass is 565 g/mol. The van der Waals surface area contributed by atoms with Crippen LogP contribution < -0.4 is 19.9 Å². The van der Waals surface area contributed by atoms with Crippen molar-refractivity contribution >= 4 is 46.2 Å². The lowest BCUT2D eigenvalue weighted by molar-refractivity contribution is -0.117. The number of nitrogens with one attached hydrogen (secondary N) is 1. The smallest absolute Gasteiger partial charge is 0.282 e. The Labute approximate surface area is 210 Å². The molecule has 0 bridgehead atoms. The average Bonchev–Trinajstić information content (AvgIpc) is 3.13. The fourth-order valence-corrected chi connectivity index (χ4v) is 4.24. The van der Waals surface area contributed by atoms with E-state index in [1.54, 1.807) is 48.5 Å². The second-order valence-electron chi connectivity index (χ2n) is 7.30. The van der Waals surface area contributed by atoms with Crippen LogP contribution in [0.5, 0.6) is 11.5 Å². The minimum atomic E-state index is -0.477. The maximum absolute atomic E-state index is 12.9. The first-order chi connectivity index (χ1) is 16.5. The van der Waals surface area contributed by atoms with Crippen molar-refractivity contribution in [1.29, 1.82) is 5.26 Å². The number of hydrazine groups is 1. The van der Waals surface area contributed by atoms with E-state index in [9.17, 15) is 14.9 Å². The Bertz CT molecular complexity index is 1320. The van der Waals surface area contributed by atoms with Gasteiger partial charge >= 0.3 is 0 Å². The van der Waals surface area contributed by atoms with E-state index >= 15 is 0 Å². The summed E-state index contributed by atoms with van der Waals surface area (Å²) in [6, 6.07) is 21.9. The van der Waals surface area contributed by atoms with Gasteiger partial charge < -0.3 is 9.47 Å². The number of ether oxygens (including phenoxy) is 2. The topological polar surface area (TPSA) is 91.7 Å². The lowest BCUT2D eigenvalue weighted by Gasteiger charge is -2.15. The molecule has 0 spiro atoms. The molecule has 3 aromatic rings. The zero-order valence-corrected chi connectivity index (χ0v) is 20.4. The first-order valence-electron chi connectivity index (χ1n) is 10.5. The van der Waals surface area contributed by atoms with Gasteiger partial charge in [0.25, 0.3) is 11.8 Å². The van der Waals surface area contributed by atoms with Crippen LogP contribution >= 0.6 is 22.6 Å². The molecule has 1 heterocycles. The number of nitrogens with zero attached hydrogens (tertiary/aromatic N) is 2. The first-order valence-corrected chi connectivity index (χ1v) is 11.6. The third kappa shape index (κ3) is 4.89. The van der Waals surface area contributed by atoms with E-state index in [1.165, 1.54) is 5.01 Å². The van der Waals surface area contributed by atoms with Gasteiger partial charge in [0.1, 0.15) is 12.2 Å². The van der Waals surface area contributed by atoms with Gasteiger partial charge in [0.15, 0.2) is 11.5 Å². The molecule has 2 amide bonds. The minimum absolute atomic E-state index is 0.0266. The number of benzene rings is 3. The summed E-state index contributed by atoms with van der Waals surface area (Å²) in [5.74, 6) is 0.111. The highest BCUT2D eigenvalue weighted by Gasteiger charge is 2.34. The standard InChI is InChI=1S/C26H20IN3O4/c1-2-33-23-14-17(12-21-25(31)29-30(26(21)32)20-10-4-3-5-11-20)13-22(27)24(23)34-16-19-9-7-6-8-18(19)15-28/h3-14H,2,16H2,1H3,(H,29,31)/b21-12-. The van der Waals surface area contributed by atoms with Crippen molar-refractivity contribution < 1.29 is 19.1 Å². The van der Waals surface area contributed by atoms with Crippen LogP contribution in [0.25, 0.3) is 6.08 Å². The minimum Gasteiger partial charge on any atom is -0.490 e. The van der Waals surface area contributed by atoms with Crippen molar-refractivity contribution in [3.63, 3.8) is 0 Å². The molecular formula is C26H20IN3O4. The van der Waals surface area contributed by atoms with Gasteiger partial charge in [-0.2, -0.15) is 5.26 Å². The molecule has 0 unspecified atom stereocenters. The molecule has 34 heavy (non-hydrogen) atoms. The van der Waals surface area contributed by atoms with E-state index in [0.29, 0.717) is 34.9 Å². The van der Waals surface area contributed by atoms with Crippen LogP contribution in [-0.4, -0.2) is 18.4 Å². The Morgan fingerprint density at radius 2 is 1.79 bits per heavy atom. The highest BCUT2D eigenvalue weighted by atomic mass is 127. The molecule has 1 fully saturated rings. The SMILES string of the molecule is CCOc1cc(/C=C2/C(=O)NN(c3ccccc3)C2=O)cc(I)c1OCc1ccccc1C#N. The highest BCUT2D eigenvalue weighted by Crippen LogP contribution is 2.36. The normalized spacial score (nSPS) is 14.1. The molecule has 3 aromatic carbocycles. The van der Waals surface area contributed by atoms with E-state index in [4.69, 9.17) is 9.47 Å². The summed E-state index contributed by atoms with van der Waals surface area (Å²) in [4.78, 5) is 25.4. The lowest BCUT2D eigenvalue weighted by atomic mass is 10.1. The van der Waals surface area contributed by atoms with Gasteiger partial charge in [0.2, 0.25) is 0 Å². The Hall–Kier alpha value is -3.84. The Morgan fingerprint density at radius 1 is 1.06 bits per heavy atom. The third-order valence-electron chi connectivity index (χ3n) is 5.06. The number of hydrogen-bond donors (Lipinski definition) is 1. The Balaban J connectivity index is 1.62. The van der Waals surface area contributed by atoms with Gasteiger partial charge in [0.05, 0.1) is 27.5 Å². The maximum Gasteiger partial charge on any atom is 0.282 e. The summed E-state index contributed by atoms with van der Waals surface area (Å²) in [7, 11) is 0. The van der Waals surface area contributed by atoms with Gasteiger partial charge in [-0.3, -0.25) is 15.0 Å². The molecule has 0 aliphatic carbocycles. The zero-order valence-electron chi connectivity index (χ0n) is 18.2. The van der Waals surface area contributed by atoms with E-state index in [1.807, 2.05) is 31.2 Å². The number of rotatable bonds is 7. The van der Waals surface area contributed by atoms with Gasteiger partial charge in [-0.05, 0) is 71.5 Å². The van der Waals surface area contributed by atoms with E-state index in [-0.39, 0.29) is 12.2 Å².